The Kier molecular flexibility index (Phi) is 3.01. The van der Waals surface area contributed by atoms with Gasteiger partial charge >= 0.3 is 10.4 Å². The maximum atomic E-state index is 12.4. The van der Waals surface area contributed by atoms with Crippen molar-refractivity contribution in [3.8, 4) is 11.5 Å². The van der Waals surface area contributed by atoms with Crippen LogP contribution in [-0.2, 0) is 10.4 Å². The van der Waals surface area contributed by atoms with Gasteiger partial charge in [0.25, 0.3) is 0 Å². The average Bonchev–Trinajstić information content (AvgIpc) is 2.45. The molecule has 3 rings (SSSR count). The molecule has 112 valence electrons. The lowest BCUT2D eigenvalue weighted by Crippen LogP contribution is -2.21. The Bertz CT molecular complexity index is 928. The number of benzene rings is 2. The topological polar surface area (TPSA) is 118 Å². The highest BCUT2D eigenvalue weighted by Gasteiger charge is 2.33. The van der Waals surface area contributed by atoms with E-state index in [-0.39, 0.29) is 22.3 Å². The summed E-state index contributed by atoms with van der Waals surface area (Å²) in [7, 11) is -4.87. The van der Waals surface area contributed by atoms with Gasteiger partial charge in [-0.25, -0.2) is 0 Å². The fourth-order valence-corrected chi connectivity index (χ4v) is 2.69. The van der Waals surface area contributed by atoms with E-state index in [0.29, 0.717) is 0 Å². The molecule has 7 nitrogen and oxygen atoms in total. The van der Waals surface area contributed by atoms with Crippen LogP contribution in [0.1, 0.15) is 31.8 Å². The van der Waals surface area contributed by atoms with E-state index >= 15 is 0 Å². The maximum Gasteiger partial charge on any atom is 0.446 e. The minimum atomic E-state index is -4.87. The first kappa shape index (κ1) is 14.2. The number of carbonyl (C=O) groups excluding carboxylic acids is 2. The molecule has 0 saturated heterocycles. The van der Waals surface area contributed by atoms with Crippen molar-refractivity contribution in [2.45, 2.75) is 0 Å². The van der Waals surface area contributed by atoms with Gasteiger partial charge in [-0.1, -0.05) is 24.3 Å². The fourth-order valence-electron chi connectivity index (χ4n) is 2.33. The van der Waals surface area contributed by atoms with Gasteiger partial charge in [-0.15, -0.1) is 0 Å². The average molecular weight is 320 g/mol. The molecular formula is C14H8O7S. The summed E-state index contributed by atoms with van der Waals surface area (Å²) in [6, 6.07) is 8.22. The third kappa shape index (κ3) is 2.14. The van der Waals surface area contributed by atoms with Gasteiger partial charge in [0.15, 0.2) is 23.1 Å². The van der Waals surface area contributed by atoms with Crippen LogP contribution in [0.15, 0.2) is 36.4 Å². The van der Waals surface area contributed by atoms with Crippen LogP contribution in [0.2, 0.25) is 0 Å². The smallest absolute Gasteiger partial charge is 0.446 e. The first-order valence-corrected chi connectivity index (χ1v) is 7.37. The summed E-state index contributed by atoms with van der Waals surface area (Å²) in [4.78, 5) is 24.7. The zero-order chi connectivity index (χ0) is 16.1. The molecule has 0 aromatic heterocycles. The summed E-state index contributed by atoms with van der Waals surface area (Å²) >= 11 is 0. The van der Waals surface area contributed by atoms with Crippen LogP contribution in [0.3, 0.4) is 0 Å². The summed E-state index contributed by atoms with van der Waals surface area (Å²) in [5.74, 6) is -2.56. The van der Waals surface area contributed by atoms with Crippen molar-refractivity contribution in [3.05, 3.63) is 58.7 Å². The van der Waals surface area contributed by atoms with Crippen molar-refractivity contribution < 1.29 is 31.8 Å². The molecule has 1 aliphatic rings. The zero-order valence-electron chi connectivity index (χ0n) is 10.8. The van der Waals surface area contributed by atoms with Gasteiger partial charge in [-0.2, -0.15) is 8.42 Å². The predicted molar refractivity (Wildman–Crippen MR) is 73.6 cm³/mol. The molecule has 0 amide bonds. The van der Waals surface area contributed by atoms with Crippen LogP contribution >= 0.6 is 0 Å². The Morgan fingerprint density at radius 2 is 1.45 bits per heavy atom. The summed E-state index contributed by atoms with van der Waals surface area (Å²) in [6.07, 6.45) is 0. The fraction of sp³-hybridized carbons (Fsp3) is 0. The third-order valence-corrected chi connectivity index (χ3v) is 3.61. The van der Waals surface area contributed by atoms with Crippen LogP contribution in [0.4, 0.5) is 0 Å². The van der Waals surface area contributed by atoms with E-state index in [1.54, 1.807) is 12.1 Å². The van der Waals surface area contributed by atoms with Crippen LogP contribution < -0.4 is 4.18 Å². The lowest BCUT2D eigenvalue weighted by Gasteiger charge is -2.19. The number of carbonyl (C=O) groups is 2. The quantitative estimate of drug-likeness (QED) is 0.684. The lowest BCUT2D eigenvalue weighted by atomic mass is 9.83. The van der Waals surface area contributed by atoms with E-state index in [1.807, 2.05) is 0 Å². The second kappa shape index (κ2) is 4.65. The van der Waals surface area contributed by atoms with E-state index in [0.717, 1.165) is 12.1 Å². The normalized spacial score (nSPS) is 13.5. The Morgan fingerprint density at radius 3 is 2.05 bits per heavy atom. The van der Waals surface area contributed by atoms with Crippen LogP contribution in [0, 0.1) is 0 Å². The highest BCUT2D eigenvalue weighted by molar-refractivity contribution is 7.81. The van der Waals surface area contributed by atoms with E-state index in [2.05, 4.69) is 4.18 Å². The summed E-state index contributed by atoms with van der Waals surface area (Å²) in [5, 5.41) is 10.0. The molecule has 2 aromatic carbocycles. The second-order valence-electron chi connectivity index (χ2n) is 4.55. The molecular weight excluding hydrogens is 312 g/mol. The largest absolute Gasteiger partial charge is 0.504 e. The van der Waals surface area contributed by atoms with E-state index < -0.39 is 33.5 Å². The molecule has 0 radical (unpaired) electrons. The SMILES string of the molecule is O=C1c2ccccc2C(=O)c2c1ccc(OS(=O)(=O)O)c2O. The van der Waals surface area contributed by atoms with Crippen LogP contribution in [0.25, 0.3) is 0 Å². The molecule has 0 atom stereocenters. The van der Waals surface area contributed by atoms with Gasteiger partial charge in [0.05, 0.1) is 5.56 Å². The Balaban J connectivity index is 2.24. The van der Waals surface area contributed by atoms with Crippen molar-refractivity contribution in [2.75, 3.05) is 0 Å². The number of aromatic hydroxyl groups is 1. The molecule has 1 aliphatic carbocycles. The minimum absolute atomic E-state index is 0.0658. The molecule has 0 bridgehead atoms. The number of rotatable bonds is 2. The molecule has 0 spiro atoms. The van der Waals surface area contributed by atoms with Gasteiger partial charge in [-0.05, 0) is 12.1 Å². The molecule has 0 heterocycles. The molecule has 2 aromatic rings. The molecule has 22 heavy (non-hydrogen) atoms. The lowest BCUT2D eigenvalue weighted by molar-refractivity contribution is 0.0976. The highest BCUT2D eigenvalue weighted by Crippen LogP contribution is 2.38. The molecule has 0 saturated carbocycles. The number of ketones is 2. The highest BCUT2D eigenvalue weighted by atomic mass is 32.3. The van der Waals surface area contributed by atoms with Crippen molar-refractivity contribution in [1.82, 2.24) is 0 Å². The maximum absolute atomic E-state index is 12.4. The number of fused-ring (bicyclic) bond motifs is 2. The molecule has 8 heteroatoms. The van der Waals surface area contributed by atoms with E-state index in [9.17, 15) is 23.1 Å². The van der Waals surface area contributed by atoms with Gasteiger partial charge in [0.1, 0.15) is 0 Å². The molecule has 0 fully saturated rings. The first-order valence-electron chi connectivity index (χ1n) is 6.01. The molecule has 0 unspecified atom stereocenters. The van der Waals surface area contributed by atoms with Gasteiger partial charge in [-0.3, -0.25) is 14.1 Å². The number of hydrogen-bond donors (Lipinski definition) is 2. The Morgan fingerprint density at radius 1 is 0.864 bits per heavy atom. The summed E-state index contributed by atoms with van der Waals surface area (Å²) in [6.45, 7) is 0. The van der Waals surface area contributed by atoms with E-state index in [1.165, 1.54) is 12.1 Å². The monoisotopic (exact) mass is 320 g/mol. The van der Waals surface area contributed by atoms with Crippen LogP contribution in [-0.4, -0.2) is 29.6 Å². The molecule has 0 aliphatic heterocycles. The Hall–Kier alpha value is -2.71. The van der Waals surface area contributed by atoms with Crippen molar-refractivity contribution >= 4 is 22.0 Å². The van der Waals surface area contributed by atoms with Crippen molar-refractivity contribution in [2.24, 2.45) is 0 Å². The number of hydrogen-bond acceptors (Lipinski definition) is 6. The van der Waals surface area contributed by atoms with Crippen molar-refractivity contribution in [1.29, 1.82) is 0 Å². The van der Waals surface area contributed by atoms with Crippen molar-refractivity contribution in [3.63, 3.8) is 0 Å². The van der Waals surface area contributed by atoms with E-state index in [4.69, 9.17) is 4.55 Å². The number of phenolic OH excluding ortho intramolecular Hbond substituents is 1. The minimum Gasteiger partial charge on any atom is -0.504 e. The van der Waals surface area contributed by atoms with Gasteiger partial charge in [0.2, 0.25) is 0 Å². The summed E-state index contributed by atoms with van der Waals surface area (Å²) in [5.41, 5.74) is -0.129. The molecule has 2 N–H and O–H groups in total. The third-order valence-electron chi connectivity index (χ3n) is 3.22. The van der Waals surface area contributed by atoms with Gasteiger partial charge < -0.3 is 9.29 Å². The predicted octanol–water partition coefficient (Wildman–Crippen LogP) is 1.35. The zero-order valence-corrected chi connectivity index (χ0v) is 11.6. The van der Waals surface area contributed by atoms with Crippen LogP contribution in [0.5, 0.6) is 11.5 Å². The standard InChI is InChI=1S/C14H8O7S/c15-12-7-3-1-2-4-8(7)13(16)11-9(12)5-6-10(14(11)17)21-22(18,19)20/h1-6,17H,(H,18,19,20). The summed E-state index contributed by atoms with van der Waals surface area (Å²) < 4.78 is 34.3. The van der Waals surface area contributed by atoms with Gasteiger partial charge in [0, 0.05) is 16.7 Å². The first-order chi connectivity index (χ1) is 10.3. The number of phenols is 1. The second-order valence-corrected chi connectivity index (χ2v) is 5.57. The Labute approximate surface area is 124 Å².